The van der Waals surface area contributed by atoms with E-state index >= 15 is 0 Å². The first-order chi connectivity index (χ1) is 9.65. The number of carbonyl (C=O) groups is 1. The lowest BCUT2D eigenvalue weighted by Crippen LogP contribution is -2.26. The maximum atomic E-state index is 11.9. The average Bonchev–Trinajstić information content (AvgIpc) is 2.47. The lowest BCUT2D eigenvalue weighted by molar-refractivity contribution is -0.121. The Morgan fingerprint density at radius 3 is 2.45 bits per heavy atom. The first kappa shape index (κ1) is 14.3. The number of carbonyl (C=O) groups excluding carboxylic acids is 1. The van der Waals surface area contributed by atoms with Crippen LogP contribution < -0.4 is 5.32 Å². The summed E-state index contributed by atoms with van der Waals surface area (Å²) < 4.78 is 0. The zero-order valence-corrected chi connectivity index (χ0v) is 12.0. The molecule has 1 aromatic heterocycles. The third-order valence-electron chi connectivity index (χ3n) is 3.34. The van der Waals surface area contributed by atoms with Crippen LogP contribution in [0.15, 0.2) is 48.8 Å². The van der Waals surface area contributed by atoms with Crippen molar-refractivity contribution < 1.29 is 4.79 Å². The summed E-state index contributed by atoms with van der Waals surface area (Å²) >= 11 is 0. The highest BCUT2D eigenvalue weighted by atomic mass is 16.1. The monoisotopic (exact) mass is 268 g/mol. The van der Waals surface area contributed by atoms with E-state index in [1.807, 2.05) is 19.1 Å². The van der Waals surface area contributed by atoms with Gasteiger partial charge in [0.25, 0.3) is 0 Å². The van der Waals surface area contributed by atoms with Crippen molar-refractivity contribution in [3.63, 3.8) is 0 Å². The average molecular weight is 268 g/mol. The molecule has 0 saturated carbocycles. The summed E-state index contributed by atoms with van der Waals surface area (Å²) in [5.74, 6) is 0.0786. The maximum absolute atomic E-state index is 11.9. The Labute approximate surface area is 120 Å². The lowest BCUT2D eigenvalue weighted by atomic mass is 10.1. The van der Waals surface area contributed by atoms with Crippen LogP contribution in [0.2, 0.25) is 0 Å². The van der Waals surface area contributed by atoms with Crippen LogP contribution in [0.25, 0.3) is 0 Å². The zero-order valence-electron chi connectivity index (χ0n) is 12.0. The van der Waals surface area contributed by atoms with Crippen LogP contribution in [0.3, 0.4) is 0 Å². The summed E-state index contributed by atoms with van der Waals surface area (Å²) in [6, 6.07) is 12.2. The molecule has 1 unspecified atom stereocenters. The minimum absolute atomic E-state index is 0.0171. The Kier molecular flexibility index (Phi) is 4.88. The standard InChI is InChI=1S/C17H20N2O/c1-13-3-5-15(6-4-13)7-8-17(20)19-14(2)16-9-11-18-12-10-16/h3-6,9-12,14H,7-8H2,1-2H3,(H,19,20). The molecule has 0 bridgehead atoms. The summed E-state index contributed by atoms with van der Waals surface area (Å²) in [6.07, 6.45) is 4.77. The SMILES string of the molecule is Cc1ccc(CCC(=O)NC(C)c2ccncc2)cc1. The van der Waals surface area contributed by atoms with Crippen LogP contribution in [0.1, 0.15) is 36.1 Å². The fourth-order valence-corrected chi connectivity index (χ4v) is 2.06. The minimum atomic E-state index is 0.0171. The highest BCUT2D eigenvalue weighted by Crippen LogP contribution is 2.11. The van der Waals surface area contributed by atoms with Crippen LogP contribution in [-0.4, -0.2) is 10.9 Å². The Hall–Kier alpha value is -2.16. The van der Waals surface area contributed by atoms with Gasteiger partial charge in [-0.15, -0.1) is 0 Å². The Bertz CT molecular complexity index is 549. The summed E-state index contributed by atoms with van der Waals surface area (Å²) in [6.45, 7) is 4.05. The summed E-state index contributed by atoms with van der Waals surface area (Å²) in [5, 5.41) is 3.01. The number of rotatable bonds is 5. The molecule has 0 aliphatic carbocycles. The second-order valence-corrected chi connectivity index (χ2v) is 5.06. The van der Waals surface area contributed by atoms with E-state index in [1.165, 1.54) is 11.1 Å². The number of hydrogen-bond donors (Lipinski definition) is 1. The van der Waals surface area contributed by atoms with Gasteiger partial charge in [0, 0.05) is 18.8 Å². The van der Waals surface area contributed by atoms with Crippen LogP contribution >= 0.6 is 0 Å². The van der Waals surface area contributed by atoms with Crippen LogP contribution in [0.5, 0.6) is 0 Å². The number of pyridine rings is 1. The Morgan fingerprint density at radius 1 is 1.15 bits per heavy atom. The van der Waals surface area contributed by atoms with Crippen molar-refractivity contribution in [3.8, 4) is 0 Å². The number of aromatic nitrogens is 1. The molecule has 0 saturated heterocycles. The molecule has 0 radical (unpaired) electrons. The van der Waals surface area contributed by atoms with Crippen molar-refractivity contribution in [2.75, 3.05) is 0 Å². The van der Waals surface area contributed by atoms with E-state index in [2.05, 4.69) is 41.5 Å². The van der Waals surface area contributed by atoms with Crippen LogP contribution in [0, 0.1) is 6.92 Å². The molecule has 1 N–H and O–H groups in total. The van der Waals surface area contributed by atoms with E-state index in [0.717, 1.165) is 12.0 Å². The van der Waals surface area contributed by atoms with Crippen molar-refractivity contribution >= 4 is 5.91 Å². The van der Waals surface area contributed by atoms with Gasteiger partial charge in [0.15, 0.2) is 0 Å². The number of benzene rings is 1. The van der Waals surface area contributed by atoms with Crippen molar-refractivity contribution in [3.05, 3.63) is 65.5 Å². The molecule has 1 amide bonds. The minimum Gasteiger partial charge on any atom is -0.350 e. The Balaban J connectivity index is 1.82. The molecule has 0 aliphatic heterocycles. The van der Waals surface area contributed by atoms with Crippen LogP contribution in [0.4, 0.5) is 0 Å². The zero-order chi connectivity index (χ0) is 14.4. The number of nitrogens with one attached hydrogen (secondary N) is 1. The van der Waals surface area contributed by atoms with E-state index in [9.17, 15) is 4.79 Å². The van der Waals surface area contributed by atoms with E-state index in [0.29, 0.717) is 6.42 Å². The van der Waals surface area contributed by atoms with Gasteiger partial charge in [-0.3, -0.25) is 9.78 Å². The predicted octanol–water partition coefficient (Wildman–Crippen LogP) is 3.20. The van der Waals surface area contributed by atoms with E-state index in [1.54, 1.807) is 12.4 Å². The summed E-state index contributed by atoms with van der Waals surface area (Å²) in [7, 11) is 0. The van der Waals surface area contributed by atoms with Gasteiger partial charge in [-0.25, -0.2) is 0 Å². The molecule has 1 aromatic carbocycles. The van der Waals surface area contributed by atoms with Gasteiger partial charge >= 0.3 is 0 Å². The molecule has 0 fully saturated rings. The molecular formula is C17H20N2O. The molecule has 3 heteroatoms. The normalized spacial score (nSPS) is 11.9. The van der Waals surface area contributed by atoms with Gasteiger partial charge in [-0.1, -0.05) is 29.8 Å². The number of nitrogens with zero attached hydrogens (tertiary/aromatic N) is 1. The first-order valence-electron chi connectivity index (χ1n) is 6.90. The van der Waals surface area contributed by atoms with Gasteiger partial charge < -0.3 is 5.32 Å². The molecule has 2 aromatic rings. The largest absolute Gasteiger partial charge is 0.350 e. The van der Waals surface area contributed by atoms with E-state index < -0.39 is 0 Å². The van der Waals surface area contributed by atoms with Crippen molar-refractivity contribution in [2.24, 2.45) is 0 Å². The third-order valence-corrected chi connectivity index (χ3v) is 3.34. The fraction of sp³-hybridized carbons (Fsp3) is 0.294. The molecule has 2 rings (SSSR count). The van der Waals surface area contributed by atoms with E-state index in [-0.39, 0.29) is 11.9 Å². The topological polar surface area (TPSA) is 42.0 Å². The molecule has 0 spiro atoms. The second kappa shape index (κ2) is 6.85. The highest BCUT2D eigenvalue weighted by molar-refractivity contribution is 5.76. The van der Waals surface area contributed by atoms with Crippen molar-refractivity contribution in [1.29, 1.82) is 0 Å². The van der Waals surface area contributed by atoms with Crippen LogP contribution in [-0.2, 0) is 11.2 Å². The van der Waals surface area contributed by atoms with Crippen molar-refractivity contribution in [2.45, 2.75) is 32.7 Å². The van der Waals surface area contributed by atoms with Gasteiger partial charge in [0.2, 0.25) is 5.91 Å². The summed E-state index contributed by atoms with van der Waals surface area (Å²) in [5.41, 5.74) is 3.51. The fourth-order valence-electron chi connectivity index (χ4n) is 2.06. The molecule has 1 atom stereocenters. The molecule has 0 aliphatic rings. The van der Waals surface area contributed by atoms with Gasteiger partial charge in [-0.2, -0.15) is 0 Å². The smallest absolute Gasteiger partial charge is 0.220 e. The lowest BCUT2D eigenvalue weighted by Gasteiger charge is -2.14. The second-order valence-electron chi connectivity index (χ2n) is 5.06. The van der Waals surface area contributed by atoms with Gasteiger partial charge in [0.1, 0.15) is 0 Å². The highest BCUT2D eigenvalue weighted by Gasteiger charge is 2.09. The predicted molar refractivity (Wildman–Crippen MR) is 80.3 cm³/mol. The quantitative estimate of drug-likeness (QED) is 0.904. The molecular weight excluding hydrogens is 248 g/mol. The van der Waals surface area contributed by atoms with Crippen molar-refractivity contribution in [1.82, 2.24) is 10.3 Å². The maximum Gasteiger partial charge on any atom is 0.220 e. The third kappa shape index (κ3) is 4.19. The first-order valence-corrected chi connectivity index (χ1v) is 6.90. The number of hydrogen-bond acceptors (Lipinski definition) is 2. The molecule has 20 heavy (non-hydrogen) atoms. The summed E-state index contributed by atoms with van der Waals surface area (Å²) in [4.78, 5) is 15.9. The van der Waals surface area contributed by atoms with E-state index in [4.69, 9.17) is 0 Å². The number of amides is 1. The van der Waals surface area contributed by atoms with Gasteiger partial charge in [-0.05, 0) is 43.5 Å². The van der Waals surface area contributed by atoms with Gasteiger partial charge in [0.05, 0.1) is 6.04 Å². The Morgan fingerprint density at radius 2 is 1.80 bits per heavy atom. The molecule has 104 valence electrons. The molecule has 3 nitrogen and oxygen atoms in total. The molecule has 1 heterocycles. The number of aryl methyl sites for hydroxylation is 2.